The highest BCUT2D eigenvalue weighted by molar-refractivity contribution is 5.85. The Bertz CT molecular complexity index is 491. The third-order valence-corrected chi connectivity index (χ3v) is 4.13. The van der Waals surface area contributed by atoms with Gasteiger partial charge in [-0.1, -0.05) is 6.07 Å². The van der Waals surface area contributed by atoms with Crippen LogP contribution in [0.2, 0.25) is 0 Å². The highest BCUT2D eigenvalue weighted by Crippen LogP contribution is 2.34. The SMILES string of the molecule is COc1ccc([C@H](CCC(F)(F)F)N2CCNCC2)c(C)c1.Cl. The minimum absolute atomic E-state index is 0. The standard InChI is InChI=1S/C16H23F3N2O.ClH/c1-12-11-13(22-2)3-4-14(12)15(5-6-16(17,18)19)21-9-7-20-8-10-21;/h3-4,11,15,20H,5-10H2,1-2H3;1H/t15-;/m0./s1. The van der Waals surface area contributed by atoms with Gasteiger partial charge in [-0.05, 0) is 36.6 Å². The van der Waals surface area contributed by atoms with Gasteiger partial charge in [0.25, 0.3) is 0 Å². The first-order chi connectivity index (χ1) is 10.4. The molecule has 0 amide bonds. The van der Waals surface area contributed by atoms with Gasteiger partial charge < -0.3 is 10.1 Å². The van der Waals surface area contributed by atoms with Crippen molar-refractivity contribution in [2.24, 2.45) is 0 Å². The van der Waals surface area contributed by atoms with Gasteiger partial charge in [0.1, 0.15) is 5.75 Å². The number of hydrogen-bond acceptors (Lipinski definition) is 3. The molecular formula is C16H24ClF3N2O. The van der Waals surface area contributed by atoms with Crippen LogP contribution < -0.4 is 10.1 Å². The molecule has 0 aliphatic carbocycles. The zero-order valence-electron chi connectivity index (χ0n) is 13.4. The van der Waals surface area contributed by atoms with E-state index in [0.717, 1.165) is 43.1 Å². The quantitative estimate of drug-likeness (QED) is 0.874. The van der Waals surface area contributed by atoms with E-state index in [4.69, 9.17) is 4.74 Å². The lowest BCUT2D eigenvalue weighted by atomic mass is 9.95. The van der Waals surface area contributed by atoms with E-state index in [-0.39, 0.29) is 24.9 Å². The maximum absolute atomic E-state index is 12.7. The smallest absolute Gasteiger partial charge is 0.389 e. The molecule has 1 heterocycles. The Morgan fingerprint density at radius 1 is 1.26 bits per heavy atom. The third kappa shape index (κ3) is 5.86. The monoisotopic (exact) mass is 352 g/mol. The number of ether oxygens (including phenoxy) is 1. The first-order valence-corrected chi connectivity index (χ1v) is 7.57. The summed E-state index contributed by atoms with van der Waals surface area (Å²) >= 11 is 0. The van der Waals surface area contributed by atoms with Gasteiger partial charge in [0.05, 0.1) is 7.11 Å². The van der Waals surface area contributed by atoms with Crippen LogP contribution in [0.15, 0.2) is 18.2 Å². The fourth-order valence-corrected chi connectivity index (χ4v) is 2.98. The van der Waals surface area contributed by atoms with Gasteiger partial charge in [0.2, 0.25) is 0 Å². The molecule has 2 rings (SSSR count). The van der Waals surface area contributed by atoms with Crippen LogP contribution in [-0.4, -0.2) is 44.4 Å². The predicted octanol–water partition coefficient (Wildman–Crippen LogP) is 3.71. The van der Waals surface area contributed by atoms with Gasteiger partial charge in [0, 0.05) is 38.6 Å². The first kappa shape index (κ1) is 20.1. The summed E-state index contributed by atoms with van der Waals surface area (Å²) in [7, 11) is 1.59. The molecule has 23 heavy (non-hydrogen) atoms. The molecule has 1 atom stereocenters. The number of halogens is 4. The molecule has 1 aliphatic heterocycles. The van der Waals surface area contributed by atoms with E-state index in [0.29, 0.717) is 0 Å². The molecule has 1 aromatic rings. The number of nitrogens with one attached hydrogen (secondary N) is 1. The lowest BCUT2D eigenvalue weighted by molar-refractivity contribution is -0.138. The number of rotatable bonds is 5. The van der Waals surface area contributed by atoms with Crippen molar-refractivity contribution < 1.29 is 17.9 Å². The molecule has 0 bridgehead atoms. The van der Waals surface area contributed by atoms with Crippen LogP contribution in [0.5, 0.6) is 5.75 Å². The predicted molar refractivity (Wildman–Crippen MR) is 87.5 cm³/mol. The molecule has 1 aliphatic rings. The Labute approximate surface area is 141 Å². The van der Waals surface area contributed by atoms with E-state index in [1.807, 2.05) is 25.1 Å². The second-order valence-electron chi connectivity index (χ2n) is 5.68. The molecule has 0 spiro atoms. The van der Waals surface area contributed by atoms with Gasteiger partial charge in [-0.25, -0.2) is 0 Å². The lowest BCUT2D eigenvalue weighted by Crippen LogP contribution is -2.45. The van der Waals surface area contributed by atoms with Gasteiger partial charge >= 0.3 is 6.18 Å². The average molecular weight is 353 g/mol. The fourth-order valence-electron chi connectivity index (χ4n) is 2.98. The molecule has 0 saturated carbocycles. The van der Waals surface area contributed by atoms with E-state index >= 15 is 0 Å². The van der Waals surface area contributed by atoms with E-state index < -0.39 is 12.6 Å². The lowest BCUT2D eigenvalue weighted by Gasteiger charge is -2.36. The Kier molecular flexibility index (Phi) is 7.64. The number of piperazine rings is 1. The molecule has 1 fully saturated rings. The summed E-state index contributed by atoms with van der Waals surface area (Å²) in [5, 5.41) is 3.24. The molecule has 0 unspecified atom stereocenters. The van der Waals surface area contributed by atoms with Gasteiger partial charge in [-0.2, -0.15) is 13.2 Å². The zero-order chi connectivity index (χ0) is 16.2. The second-order valence-corrected chi connectivity index (χ2v) is 5.68. The molecule has 3 nitrogen and oxygen atoms in total. The molecule has 0 radical (unpaired) electrons. The summed E-state index contributed by atoms with van der Waals surface area (Å²) in [5.41, 5.74) is 1.94. The van der Waals surface area contributed by atoms with Crippen LogP contribution in [0, 0.1) is 6.92 Å². The van der Waals surface area contributed by atoms with E-state index in [1.165, 1.54) is 0 Å². The normalized spacial score (nSPS) is 17.4. The summed E-state index contributed by atoms with van der Waals surface area (Å²) in [5.74, 6) is 0.733. The van der Waals surface area contributed by atoms with Crippen molar-refractivity contribution in [2.45, 2.75) is 32.0 Å². The number of aryl methyl sites for hydroxylation is 1. The average Bonchev–Trinajstić information content (AvgIpc) is 2.48. The Hall–Kier alpha value is -0.980. The van der Waals surface area contributed by atoms with E-state index in [9.17, 15) is 13.2 Å². The van der Waals surface area contributed by atoms with Crippen LogP contribution in [0.3, 0.4) is 0 Å². The summed E-state index contributed by atoms with van der Waals surface area (Å²) in [6.45, 7) is 5.11. The molecular weight excluding hydrogens is 329 g/mol. The largest absolute Gasteiger partial charge is 0.497 e. The molecule has 0 aromatic heterocycles. The van der Waals surface area contributed by atoms with Crippen LogP contribution in [-0.2, 0) is 0 Å². The Balaban J connectivity index is 0.00000264. The van der Waals surface area contributed by atoms with Crippen molar-refractivity contribution in [3.05, 3.63) is 29.3 Å². The summed E-state index contributed by atoms with van der Waals surface area (Å²) in [6, 6.07) is 5.41. The maximum atomic E-state index is 12.7. The number of benzene rings is 1. The first-order valence-electron chi connectivity index (χ1n) is 7.57. The van der Waals surface area contributed by atoms with Gasteiger partial charge in [-0.15, -0.1) is 12.4 Å². The Morgan fingerprint density at radius 2 is 1.91 bits per heavy atom. The Morgan fingerprint density at radius 3 is 2.43 bits per heavy atom. The number of hydrogen-bond donors (Lipinski definition) is 1. The molecule has 1 aromatic carbocycles. The van der Waals surface area contributed by atoms with E-state index in [1.54, 1.807) is 7.11 Å². The zero-order valence-corrected chi connectivity index (χ0v) is 14.3. The van der Waals surface area contributed by atoms with Gasteiger partial charge in [-0.3, -0.25) is 4.90 Å². The van der Waals surface area contributed by atoms with Crippen molar-refractivity contribution >= 4 is 12.4 Å². The molecule has 1 N–H and O–H groups in total. The van der Waals surface area contributed by atoms with Crippen molar-refractivity contribution in [2.75, 3.05) is 33.3 Å². The minimum atomic E-state index is -4.12. The second kappa shape index (κ2) is 8.76. The summed E-state index contributed by atoms with van der Waals surface area (Å²) in [6.07, 6.45) is -4.78. The molecule has 132 valence electrons. The number of nitrogens with zero attached hydrogens (tertiary/aromatic N) is 1. The third-order valence-electron chi connectivity index (χ3n) is 4.13. The van der Waals surface area contributed by atoms with Crippen LogP contribution in [0.1, 0.15) is 30.0 Å². The topological polar surface area (TPSA) is 24.5 Å². The van der Waals surface area contributed by atoms with Crippen molar-refractivity contribution in [3.8, 4) is 5.75 Å². The highest BCUT2D eigenvalue weighted by atomic mass is 35.5. The van der Waals surface area contributed by atoms with Crippen molar-refractivity contribution in [3.63, 3.8) is 0 Å². The van der Waals surface area contributed by atoms with E-state index in [2.05, 4.69) is 10.2 Å². The minimum Gasteiger partial charge on any atom is -0.497 e. The van der Waals surface area contributed by atoms with Crippen LogP contribution in [0.25, 0.3) is 0 Å². The fraction of sp³-hybridized carbons (Fsp3) is 0.625. The molecule has 7 heteroatoms. The number of alkyl halides is 3. The van der Waals surface area contributed by atoms with Crippen LogP contribution in [0.4, 0.5) is 13.2 Å². The maximum Gasteiger partial charge on any atom is 0.389 e. The van der Waals surface area contributed by atoms with Gasteiger partial charge in [0.15, 0.2) is 0 Å². The highest BCUT2D eigenvalue weighted by Gasteiger charge is 2.31. The number of methoxy groups -OCH3 is 1. The van der Waals surface area contributed by atoms with Crippen LogP contribution >= 0.6 is 12.4 Å². The summed E-state index contributed by atoms with van der Waals surface area (Å²) in [4.78, 5) is 2.15. The van der Waals surface area contributed by atoms with Crippen molar-refractivity contribution in [1.82, 2.24) is 10.2 Å². The van der Waals surface area contributed by atoms with Crippen molar-refractivity contribution in [1.29, 1.82) is 0 Å². The summed E-state index contributed by atoms with van der Waals surface area (Å²) < 4.78 is 43.2. The molecule has 1 saturated heterocycles.